The molecule has 1 amide bonds. The second-order valence-corrected chi connectivity index (χ2v) is 3.85. The highest BCUT2D eigenvalue weighted by Gasteiger charge is 2.07. The first-order valence-electron chi connectivity index (χ1n) is 5.74. The van der Waals surface area contributed by atoms with Gasteiger partial charge in [0.05, 0.1) is 4.92 Å². The monoisotopic (exact) mass is 252 g/mol. The summed E-state index contributed by atoms with van der Waals surface area (Å²) >= 11 is 0. The molecule has 6 heteroatoms. The van der Waals surface area contributed by atoms with Crippen molar-refractivity contribution in [3.63, 3.8) is 0 Å². The molecule has 1 aromatic rings. The van der Waals surface area contributed by atoms with Crippen LogP contribution in [0.1, 0.15) is 18.4 Å². The van der Waals surface area contributed by atoms with Crippen LogP contribution < -0.4 is 5.32 Å². The maximum absolute atomic E-state index is 11.4. The van der Waals surface area contributed by atoms with Crippen molar-refractivity contribution in [3.8, 4) is 0 Å². The van der Waals surface area contributed by atoms with Gasteiger partial charge in [0.2, 0.25) is 5.91 Å². The molecule has 0 radical (unpaired) electrons. The van der Waals surface area contributed by atoms with Crippen LogP contribution >= 0.6 is 0 Å². The number of amides is 1. The van der Waals surface area contributed by atoms with E-state index in [2.05, 4.69) is 5.32 Å². The molecule has 0 aromatic heterocycles. The van der Waals surface area contributed by atoms with E-state index >= 15 is 0 Å². The van der Waals surface area contributed by atoms with E-state index in [-0.39, 0.29) is 24.6 Å². The third kappa shape index (κ3) is 4.92. The topological polar surface area (TPSA) is 92.5 Å². The highest BCUT2D eigenvalue weighted by atomic mass is 16.6. The van der Waals surface area contributed by atoms with Crippen LogP contribution in [-0.2, 0) is 11.2 Å². The Morgan fingerprint density at radius 3 is 2.89 bits per heavy atom. The first-order chi connectivity index (χ1) is 8.63. The highest BCUT2D eigenvalue weighted by molar-refractivity contribution is 5.76. The molecule has 6 nitrogen and oxygen atoms in total. The van der Waals surface area contributed by atoms with Gasteiger partial charge < -0.3 is 10.4 Å². The van der Waals surface area contributed by atoms with Gasteiger partial charge in [0.25, 0.3) is 5.69 Å². The van der Waals surface area contributed by atoms with Crippen LogP contribution in [0.2, 0.25) is 0 Å². The van der Waals surface area contributed by atoms with Gasteiger partial charge in [-0.15, -0.1) is 0 Å². The summed E-state index contributed by atoms with van der Waals surface area (Å²) in [5, 5.41) is 21.8. The Bertz CT molecular complexity index is 420. The van der Waals surface area contributed by atoms with Gasteiger partial charge in [0, 0.05) is 31.7 Å². The van der Waals surface area contributed by atoms with Crippen molar-refractivity contribution in [2.75, 3.05) is 13.2 Å². The molecule has 0 aliphatic rings. The number of aliphatic hydroxyl groups excluding tert-OH is 1. The van der Waals surface area contributed by atoms with Gasteiger partial charge in [-0.05, 0) is 18.4 Å². The summed E-state index contributed by atoms with van der Waals surface area (Å²) in [6.07, 6.45) is 1.28. The molecule has 1 aromatic carbocycles. The number of nitrogens with one attached hydrogen (secondary N) is 1. The van der Waals surface area contributed by atoms with Gasteiger partial charge in [0.1, 0.15) is 0 Å². The van der Waals surface area contributed by atoms with Crippen molar-refractivity contribution >= 4 is 11.6 Å². The second kappa shape index (κ2) is 7.39. The second-order valence-electron chi connectivity index (χ2n) is 3.85. The van der Waals surface area contributed by atoms with E-state index in [9.17, 15) is 14.9 Å². The average Bonchev–Trinajstić information content (AvgIpc) is 2.37. The Morgan fingerprint density at radius 1 is 1.44 bits per heavy atom. The van der Waals surface area contributed by atoms with Gasteiger partial charge in [0.15, 0.2) is 0 Å². The molecule has 0 heterocycles. The van der Waals surface area contributed by atoms with Gasteiger partial charge in [-0.1, -0.05) is 12.1 Å². The van der Waals surface area contributed by atoms with Crippen molar-refractivity contribution in [3.05, 3.63) is 39.9 Å². The fraction of sp³-hybridized carbons (Fsp3) is 0.417. The number of carbonyl (C=O) groups is 1. The molecule has 0 saturated carbocycles. The molecule has 18 heavy (non-hydrogen) atoms. The van der Waals surface area contributed by atoms with E-state index in [1.54, 1.807) is 12.1 Å². The number of nitro benzene ring substituents is 1. The molecule has 98 valence electrons. The Hall–Kier alpha value is -1.95. The number of non-ortho nitro benzene ring substituents is 1. The van der Waals surface area contributed by atoms with E-state index in [0.29, 0.717) is 19.4 Å². The zero-order valence-corrected chi connectivity index (χ0v) is 9.96. The molecule has 0 saturated heterocycles. The van der Waals surface area contributed by atoms with Crippen molar-refractivity contribution in [1.82, 2.24) is 5.32 Å². The zero-order chi connectivity index (χ0) is 13.4. The summed E-state index contributed by atoms with van der Waals surface area (Å²) in [5.74, 6) is -0.116. The average molecular weight is 252 g/mol. The Morgan fingerprint density at radius 2 is 2.22 bits per heavy atom. The number of aliphatic hydroxyl groups is 1. The first-order valence-corrected chi connectivity index (χ1v) is 5.74. The minimum Gasteiger partial charge on any atom is -0.396 e. The standard InChI is InChI=1S/C12H16N2O4/c15-8-2-7-13-12(16)6-5-10-3-1-4-11(9-10)14(17)18/h1,3-4,9,15H,2,5-8H2,(H,13,16). The maximum Gasteiger partial charge on any atom is 0.269 e. The number of carbonyl (C=O) groups excluding carboxylic acids is 1. The van der Waals surface area contributed by atoms with E-state index < -0.39 is 4.92 Å². The molecule has 1 rings (SSSR count). The fourth-order valence-corrected chi connectivity index (χ4v) is 1.48. The molecular formula is C12H16N2O4. The number of hydrogen-bond donors (Lipinski definition) is 2. The smallest absolute Gasteiger partial charge is 0.269 e. The number of aryl methyl sites for hydroxylation is 1. The highest BCUT2D eigenvalue weighted by Crippen LogP contribution is 2.14. The lowest BCUT2D eigenvalue weighted by Crippen LogP contribution is -2.25. The minimum atomic E-state index is -0.454. The van der Waals surface area contributed by atoms with Crippen molar-refractivity contribution < 1.29 is 14.8 Å². The molecular weight excluding hydrogens is 236 g/mol. The fourth-order valence-electron chi connectivity index (χ4n) is 1.48. The number of benzene rings is 1. The van der Waals surface area contributed by atoms with Gasteiger partial charge >= 0.3 is 0 Å². The Balaban J connectivity index is 2.41. The van der Waals surface area contributed by atoms with E-state index in [4.69, 9.17) is 5.11 Å². The summed E-state index contributed by atoms with van der Waals surface area (Å²) < 4.78 is 0. The lowest BCUT2D eigenvalue weighted by molar-refractivity contribution is -0.384. The molecule has 0 atom stereocenters. The minimum absolute atomic E-state index is 0.0354. The van der Waals surface area contributed by atoms with Crippen molar-refractivity contribution in [1.29, 1.82) is 0 Å². The lowest BCUT2D eigenvalue weighted by atomic mass is 10.1. The maximum atomic E-state index is 11.4. The molecule has 2 N–H and O–H groups in total. The summed E-state index contributed by atoms with van der Waals surface area (Å²) in [6.45, 7) is 0.495. The summed E-state index contributed by atoms with van der Waals surface area (Å²) in [5.41, 5.74) is 0.801. The van der Waals surface area contributed by atoms with Crippen LogP contribution in [0.3, 0.4) is 0 Å². The van der Waals surface area contributed by atoms with Gasteiger partial charge in [-0.2, -0.15) is 0 Å². The quantitative estimate of drug-likeness (QED) is 0.430. The number of hydrogen-bond acceptors (Lipinski definition) is 4. The van der Waals surface area contributed by atoms with Crippen LogP contribution in [0, 0.1) is 10.1 Å². The molecule has 0 spiro atoms. The Kier molecular flexibility index (Phi) is 5.79. The SMILES string of the molecule is O=C(CCc1cccc([N+](=O)[O-])c1)NCCCO. The summed E-state index contributed by atoms with van der Waals surface area (Å²) in [4.78, 5) is 21.5. The third-order valence-electron chi connectivity index (χ3n) is 2.42. The van der Waals surface area contributed by atoms with Crippen molar-refractivity contribution in [2.45, 2.75) is 19.3 Å². The largest absolute Gasteiger partial charge is 0.396 e. The molecule has 0 aliphatic heterocycles. The zero-order valence-electron chi connectivity index (χ0n) is 9.96. The van der Waals surface area contributed by atoms with E-state index in [1.165, 1.54) is 12.1 Å². The van der Waals surface area contributed by atoms with Crippen molar-refractivity contribution in [2.24, 2.45) is 0 Å². The number of nitro groups is 1. The first kappa shape index (κ1) is 14.1. The third-order valence-corrected chi connectivity index (χ3v) is 2.42. The van der Waals surface area contributed by atoms with E-state index in [1.807, 2.05) is 0 Å². The molecule has 0 fully saturated rings. The van der Waals surface area contributed by atoms with Crippen LogP contribution in [-0.4, -0.2) is 29.1 Å². The normalized spacial score (nSPS) is 10.1. The number of nitrogens with zero attached hydrogens (tertiary/aromatic N) is 1. The summed E-state index contributed by atoms with van der Waals surface area (Å²) in [6, 6.07) is 6.26. The predicted molar refractivity (Wildman–Crippen MR) is 66.1 cm³/mol. The Labute approximate surface area is 105 Å². The summed E-state index contributed by atoms with van der Waals surface area (Å²) in [7, 11) is 0. The number of rotatable bonds is 7. The van der Waals surface area contributed by atoms with Crippen LogP contribution in [0.4, 0.5) is 5.69 Å². The van der Waals surface area contributed by atoms with Gasteiger partial charge in [-0.25, -0.2) is 0 Å². The van der Waals surface area contributed by atoms with E-state index in [0.717, 1.165) is 5.56 Å². The molecule has 0 bridgehead atoms. The molecule has 0 unspecified atom stereocenters. The van der Waals surface area contributed by atoms with Crippen LogP contribution in [0.25, 0.3) is 0 Å². The lowest BCUT2D eigenvalue weighted by Gasteiger charge is -2.04. The van der Waals surface area contributed by atoms with Crippen LogP contribution in [0.5, 0.6) is 0 Å². The van der Waals surface area contributed by atoms with Gasteiger partial charge in [-0.3, -0.25) is 14.9 Å². The predicted octanol–water partition coefficient (Wildman–Crippen LogP) is 1.03. The molecule has 0 aliphatic carbocycles. The van der Waals surface area contributed by atoms with Crippen LogP contribution in [0.15, 0.2) is 24.3 Å².